The van der Waals surface area contributed by atoms with Crippen molar-refractivity contribution in [3.8, 4) is 11.1 Å². The Morgan fingerprint density at radius 3 is 2.41 bits per heavy atom. The van der Waals surface area contributed by atoms with Gasteiger partial charge in [-0.3, -0.25) is 4.79 Å². The van der Waals surface area contributed by atoms with Gasteiger partial charge in [-0.05, 0) is 59.0 Å². The second-order valence-corrected chi connectivity index (χ2v) is 14.7. The molecule has 3 aliphatic rings. The van der Waals surface area contributed by atoms with Crippen LogP contribution in [-0.4, -0.2) is 64.6 Å². The first-order valence-electron chi connectivity index (χ1n) is 14.6. The highest BCUT2D eigenvalue weighted by molar-refractivity contribution is 7.89. The van der Waals surface area contributed by atoms with Crippen molar-refractivity contribution in [1.29, 1.82) is 0 Å². The molecule has 0 N–H and O–H groups in total. The number of anilines is 2. The maximum atomic E-state index is 15.4. The molecule has 1 aromatic heterocycles. The van der Waals surface area contributed by atoms with Crippen LogP contribution in [0, 0.1) is 23.6 Å². The number of rotatable bonds is 8. The zero-order chi connectivity index (χ0) is 30.4. The predicted molar refractivity (Wildman–Crippen MR) is 172 cm³/mol. The van der Waals surface area contributed by atoms with Crippen molar-refractivity contribution in [3.05, 3.63) is 100.0 Å². The summed E-state index contributed by atoms with van der Waals surface area (Å²) in [6.07, 6.45) is 0. The molecular weight excluding hydrogens is 621 g/mol. The van der Waals surface area contributed by atoms with Crippen LogP contribution in [0.3, 0.4) is 0 Å². The summed E-state index contributed by atoms with van der Waals surface area (Å²) in [4.78, 5) is 18.0. The molecule has 0 bridgehead atoms. The maximum absolute atomic E-state index is 15.4. The summed E-state index contributed by atoms with van der Waals surface area (Å²) < 4.78 is 50.2. The van der Waals surface area contributed by atoms with Gasteiger partial charge in [-0.25, -0.2) is 12.8 Å². The molecule has 2 unspecified atom stereocenters. The lowest BCUT2D eigenvalue weighted by molar-refractivity contribution is 0.0988. The number of amides is 1. The van der Waals surface area contributed by atoms with Gasteiger partial charge in [-0.2, -0.15) is 4.31 Å². The fourth-order valence-corrected chi connectivity index (χ4v) is 9.51. The number of carbonyl (C=O) groups is 1. The third-order valence-corrected chi connectivity index (χ3v) is 12.2. The number of nitrogens with zero attached hydrogens (tertiary/aromatic N) is 3. The summed E-state index contributed by atoms with van der Waals surface area (Å²) in [5.41, 5.74) is 2.35. The first-order valence-corrected chi connectivity index (χ1v) is 17.3. The molecule has 3 heterocycles. The third kappa shape index (κ3) is 5.43. The molecule has 7 rings (SSSR count). The molecule has 7 nitrogen and oxygen atoms in total. The fourth-order valence-electron chi connectivity index (χ4n) is 6.60. The molecule has 1 amide bonds. The van der Waals surface area contributed by atoms with E-state index in [4.69, 9.17) is 16.3 Å². The Kier molecular flexibility index (Phi) is 7.96. The van der Waals surface area contributed by atoms with E-state index in [1.807, 2.05) is 46.7 Å². The number of ether oxygens (including phenoxy) is 1. The van der Waals surface area contributed by atoms with Gasteiger partial charge in [0.1, 0.15) is 10.7 Å². The van der Waals surface area contributed by atoms with Crippen molar-refractivity contribution in [1.82, 2.24) is 4.31 Å². The van der Waals surface area contributed by atoms with E-state index in [-0.39, 0.29) is 39.4 Å². The van der Waals surface area contributed by atoms with Crippen LogP contribution in [-0.2, 0) is 14.8 Å². The van der Waals surface area contributed by atoms with Gasteiger partial charge in [0.15, 0.2) is 0 Å². The Labute approximate surface area is 265 Å². The zero-order valence-corrected chi connectivity index (χ0v) is 26.2. The van der Waals surface area contributed by atoms with Crippen LogP contribution in [0.1, 0.15) is 9.67 Å². The van der Waals surface area contributed by atoms with Gasteiger partial charge in [0.2, 0.25) is 10.0 Å². The van der Waals surface area contributed by atoms with Crippen molar-refractivity contribution in [3.63, 3.8) is 0 Å². The van der Waals surface area contributed by atoms with Gasteiger partial charge in [0.25, 0.3) is 5.91 Å². The molecule has 1 saturated carbocycles. The minimum atomic E-state index is -3.87. The van der Waals surface area contributed by atoms with Gasteiger partial charge in [-0.1, -0.05) is 60.1 Å². The Morgan fingerprint density at radius 2 is 1.73 bits per heavy atom. The van der Waals surface area contributed by atoms with Crippen LogP contribution >= 0.6 is 22.9 Å². The normalized spacial score (nSPS) is 21.7. The molecule has 2 aliphatic heterocycles. The maximum Gasteiger partial charge on any atom is 0.268 e. The average molecular weight is 652 g/mol. The van der Waals surface area contributed by atoms with E-state index < -0.39 is 10.0 Å². The summed E-state index contributed by atoms with van der Waals surface area (Å²) in [6.45, 7) is 3.40. The van der Waals surface area contributed by atoms with E-state index in [2.05, 4.69) is 0 Å². The molecule has 0 spiro atoms. The number of piperidine rings is 1. The fraction of sp³-hybridized carbons (Fsp3) is 0.303. The van der Waals surface area contributed by atoms with Gasteiger partial charge in [-0.15, -0.1) is 11.3 Å². The SMILES string of the molecule is O=C(c1cccs1)N(CC1C2CN(S(=O)(=O)c3c(Cl)cccc3-c3ccccc3)CC12)c1ccc(N2CCOCC2)c(F)c1. The Morgan fingerprint density at radius 1 is 0.977 bits per heavy atom. The Hall–Kier alpha value is -3.28. The second-order valence-electron chi connectivity index (χ2n) is 11.4. The lowest BCUT2D eigenvalue weighted by atomic mass is 10.1. The molecule has 1 aliphatic carbocycles. The van der Waals surface area contributed by atoms with E-state index in [1.54, 1.807) is 41.3 Å². The van der Waals surface area contributed by atoms with Gasteiger partial charge >= 0.3 is 0 Å². The van der Waals surface area contributed by atoms with Crippen LogP contribution < -0.4 is 9.80 Å². The number of hydrogen-bond donors (Lipinski definition) is 0. The monoisotopic (exact) mass is 651 g/mol. The quantitative estimate of drug-likeness (QED) is 0.225. The highest BCUT2D eigenvalue weighted by atomic mass is 35.5. The van der Waals surface area contributed by atoms with Crippen molar-refractivity contribution in [2.45, 2.75) is 4.90 Å². The average Bonchev–Trinajstić information content (AvgIpc) is 3.42. The van der Waals surface area contributed by atoms with Gasteiger partial charge in [0, 0.05) is 44.0 Å². The highest BCUT2D eigenvalue weighted by Gasteiger charge is 2.58. The first kappa shape index (κ1) is 29.4. The van der Waals surface area contributed by atoms with Crippen LogP contribution in [0.5, 0.6) is 0 Å². The molecule has 4 aromatic rings. The van der Waals surface area contributed by atoms with E-state index in [0.717, 1.165) is 5.56 Å². The summed E-state index contributed by atoms with van der Waals surface area (Å²) in [5.74, 6) is -0.258. The topological polar surface area (TPSA) is 70.2 Å². The highest BCUT2D eigenvalue weighted by Crippen LogP contribution is 2.54. The van der Waals surface area contributed by atoms with Gasteiger partial charge in [0.05, 0.1) is 28.8 Å². The van der Waals surface area contributed by atoms with Crippen molar-refractivity contribution in [2.75, 3.05) is 55.7 Å². The summed E-state index contributed by atoms with van der Waals surface area (Å²) in [6, 6.07) is 23.1. The van der Waals surface area contributed by atoms with E-state index in [0.29, 0.717) is 67.8 Å². The van der Waals surface area contributed by atoms with Crippen molar-refractivity contribution in [2.24, 2.45) is 17.8 Å². The number of morpholine rings is 1. The molecule has 2 atom stereocenters. The zero-order valence-electron chi connectivity index (χ0n) is 23.8. The Balaban J connectivity index is 1.11. The number of hydrogen-bond acceptors (Lipinski definition) is 6. The molecule has 3 aromatic carbocycles. The molecule has 0 radical (unpaired) electrons. The number of sulfonamides is 1. The summed E-state index contributed by atoms with van der Waals surface area (Å²) >= 11 is 7.87. The molecule has 3 fully saturated rings. The van der Waals surface area contributed by atoms with Crippen molar-refractivity contribution >= 4 is 50.2 Å². The summed E-state index contributed by atoms with van der Waals surface area (Å²) in [5, 5.41) is 2.04. The van der Waals surface area contributed by atoms with E-state index in [1.165, 1.54) is 21.7 Å². The van der Waals surface area contributed by atoms with E-state index >= 15 is 4.39 Å². The molecule has 2 saturated heterocycles. The second kappa shape index (κ2) is 11.9. The number of halogens is 2. The standard InChI is InChI=1S/C33H31ClFN3O4S2/c34-28-9-4-8-24(22-6-2-1-3-7-22)32(28)44(40,41)37-19-25-26(20-37)27(25)21-38(33(39)31-10-5-17-43-31)23-11-12-30(29(35)18-23)36-13-15-42-16-14-36/h1-12,17-18,25-27H,13-16,19-21H2. The van der Waals surface area contributed by atoms with Crippen LogP contribution in [0.25, 0.3) is 11.1 Å². The lowest BCUT2D eigenvalue weighted by Gasteiger charge is -2.30. The van der Waals surface area contributed by atoms with Crippen LogP contribution in [0.15, 0.2) is 89.1 Å². The third-order valence-electron chi connectivity index (χ3n) is 8.95. The number of benzene rings is 3. The number of carbonyl (C=O) groups excluding carboxylic acids is 1. The van der Waals surface area contributed by atoms with Crippen LogP contribution in [0.2, 0.25) is 5.02 Å². The predicted octanol–water partition coefficient (Wildman–Crippen LogP) is 6.26. The van der Waals surface area contributed by atoms with Gasteiger partial charge < -0.3 is 14.5 Å². The lowest BCUT2D eigenvalue weighted by Crippen LogP contribution is -2.38. The first-order chi connectivity index (χ1) is 21.3. The largest absolute Gasteiger partial charge is 0.378 e. The minimum Gasteiger partial charge on any atom is -0.378 e. The molecular formula is C33H31ClFN3O4S2. The molecule has 44 heavy (non-hydrogen) atoms. The Bertz CT molecular complexity index is 1770. The van der Waals surface area contributed by atoms with Crippen LogP contribution in [0.4, 0.5) is 15.8 Å². The van der Waals surface area contributed by atoms with E-state index in [9.17, 15) is 13.2 Å². The summed E-state index contributed by atoms with van der Waals surface area (Å²) in [7, 11) is -3.87. The van der Waals surface area contributed by atoms with Crippen molar-refractivity contribution < 1.29 is 22.3 Å². The number of thiophene rings is 1. The number of fused-ring (bicyclic) bond motifs is 1. The minimum absolute atomic E-state index is 0.101. The molecule has 11 heteroatoms. The smallest absolute Gasteiger partial charge is 0.268 e. The molecule has 228 valence electrons.